The molecule has 0 saturated heterocycles. The van der Waals surface area contributed by atoms with E-state index in [2.05, 4.69) is 11.6 Å². The maximum Gasteiger partial charge on any atom is 0.133 e. The van der Waals surface area contributed by atoms with Crippen molar-refractivity contribution in [3.8, 4) is 0 Å². The van der Waals surface area contributed by atoms with E-state index in [1.54, 1.807) is 48.8 Å². The van der Waals surface area contributed by atoms with E-state index in [9.17, 15) is 5.11 Å². The van der Waals surface area contributed by atoms with E-state index < -0.39 is 5.60 Å². The molecule has 1 aromatic heterocycles. The average molecular weight is 246 g/mol. The van der Waals surface area contributed by atoms with Gasteiger partial charge in [-0.25, -0.2) is 0 Å². The Hall–Kier alpha value is -1.64. The van der Waals surface area contributed by atoms with E-state index in [0.717, 1.165) is 11.1 Å². The van der Waals surface area contributed by atoms with Crippen LogP contribution < -0.4 is 0 Å². The number of rotatable bonds is 3. The molecule has 0 amide bonds. The van der Waals surface area contributed by atoms with Crippen LogP contribution in [0.25, 0.3) is 0 Å². The van der Waals surface area contributed by atoms with Crippen LogP contribution in [0.4, 0.5) is 0 Å². The highest BCUT2D eigenvalue weighted by atomic mass is 35.5. The molecule has 17 heavy (non-hydrogen) atoms. The normalized spacial score (nSPS) is 14.0. The smallest absolute Gasteiger partial charge is 0.133 e. The number of hydrogen-bond acceptors (Lipinski definition) is 2. The Kier molecular flexibility index (Phi) is 3.27. The second-order valence-electron chi connectivity index (χ2n) is 3.71. The van der Waals surface area contributed by atoms with E-state index in [0.29, 0.717) is 5.02 Å². The molecule has 1 atom stereocenters. The van der Waals surface area contributed by atoms with Gasteiger partial charge in [0.25, 0.3) is 0 Å². The molecule has 0 fully saturated rings. The predicted octanol–water partition coefficient (Wildman–Crippen LogP) is 3.16. The summed E-state index contributed by atoms with van der Waals surface area (Å²) < 4.78 is 0. The average Bonchev–Trinajstić information content (AvgIpc) is 2.40. The topological polar surface area (TPSA) is 33.1 Å². The Morgan fingerprint density at radius 2 is 1.59 bits per heavy atom. The summed E-state index contributed by atoms with van der Waals surface area (Å²) in [5, 5.41) is 11.3. The SMILES string of the molecule is C=C[C@@](O)(c1ccncc1)c1ccc(Cl)cc1. The second kappa shape index (κ2) is 4.70. The number of halogens is 1. The van der Waals surface area contributed by atoms with Crippen LogP contribution in [0.1, 0.15) is 11.1 Å². The molecule has 86 valence electrons. The van der Waals surface area contributed by atoms with Crippen molar-refractivity contribution in [2.24, 2.45) is 0 Å². The van der Waals surface area contributed by atoms with Gasteiger partial charge in [0.1, 0.15) is 5.60 Å². The first-order chi connectivity index (χ1) is 8.16. The molecule has 1 heterocycles. The van der Waals surface area contributed by atoms with Crippen molar-refractivity contribution in [1.82, 2.24) is 4.98 Å². The van der Waals surface area contributed by atoms with Crippen molar-refractivity contribution in [2.75, 3.05) is 0 Å². The molecule has 0 unspecified atom stereocenters. The van der Waals surface area contributed by atoms with Gasteiger partial charge in [-0.3, -0.25) is 4.98 Å². The zero-order valence-corrected chi connectivity index (χ0v) is 9.93. The fraction of sp³-hybridized carbons (Fsp3) is 0.0714. The molecule has 0 bridgehead atoms. The summed E-state index contributed by atoms with van der Waals surface area (Å²) in [4.78, 5) is 3.93. The predicted molar refractivity (Wildman–Crippen MR) is 68.9 cm³/mol. The van der Waals surface area contributed by atoms with Crippen LogP contribution in [0, 0.1) is 0 Å². The fourth-order valence-electron chi connectivity index (χ4n) is 1.71. The maximum atomic E-state index is 10.7. The number of aliphatic hydroxyl groups is 1. The number of pyridine rings is 1. The summed E-state index contributed by atoms with van der Waals surface area (Å²) in [6.45, 7) is 3.70. The molecule has 1 aromatic carbocycles. The van der Waals surface area contributed by atoms with E-state index in [1.807, 2.05) is 0 Å². The van der Waals surface area contributed by atoms with Gasteiger partial charge in [0, 0.05) is 17.4 Å². The van der Waals surface area contributed by atoms with Crippen molar-refractivity contribution in [1.29, 1.82) is 0 Å². The van der Waals surface area contributed by atoms with Gasteiger partial charge in [0.2, 0.25) is 0 Å². The van der Waals surface area contributed by atoms with Gasteiger partial charge in [-0.05, 0) is 35.4 Å². The van der Waals surface area contributed by atoms with Crippen molar-refractivity contribution < 1.29 is 5.11 Å². The lowest BCUT2D eigenvalue weighted by Gasteiger charge is -2.25. The summed E-state index contributed by atoms with van der Waals surface area (Å²) in [7, 11) is 0. The zero-order chi connectivity index (χ0) is 12.3. The van der Waals surface area contributed by atoms with E-state index in [-0.39, 0.29) is 0 Å². The standard InChI is InChI=1S/C14H12ClNO/c1-2-14(17,12-7-9-16-10-8-12)11-3-5-13(15)6-4-11/h2-10,17H,1H2/t14-/m0/s1. The van der Waals surface area contributed by atoms with Crippen LogP contribution in [-0.2, 0) is 5.60 Å². The molecule has 0 radical (unpaired) electrons. The Labute approximate surface area is 105 Å². The molecule has 1 N–H and O–H groups in total. The minimum Gasteiger partial charge on any atom is -0.377 e. The quantitative estimate of drug-likeness (QED) is 0.843. The van der Waals surface area contributed by atoms with Gasteiger partial charge >= 0.3 is 0 Å². The van der Waals surface area contributed by atoms with Gasteiger partial charge in [0.15, 0.2) is 0 Å². The van der Waals surface area contributed by atoms with Crippen LogP contribution in [0.5, 0.6) is 0 Å². The third-order valence-corrected chi connectivity index (χ3v) is 2.95. The highest BCUT2D eigenvalue weighted by molar-refractivity contribution is 6.30. The number of benzene rings is 1. The number of hydrogen-bond donors (Lipinski definition) is 1. The molecule has 2 nitrogen and oxygen atoms in total. The molecule has 0 aliphatic rings. The zero-order valence-electron chi connectivity index (χ0n) is 9.18. The first-order valence-corrected chi connectivity index (χ1v) is 5.57. The molecular weight excluding hydrogens is 234 g/mol. The largest absolute Gasteiger partial charge is 0.377 e. The summed E-state index contributed by atoms with van der Waals surface area (Å²) in [6, 6.07) is 10.6. The highest BCUT2D eigenvalue weighted by Crippen LogP contribution is 2.30. The molecule has 3 heteroatoms. The van der Waals surface area contributed by atoms with Crippen molar-refractivity contribution in [2.45, 2.75) is 5.60 Å². The number of nitrogens with zero attached hydrogens (tertiary/aromatic N) is 1. The summed E-state index contributed by atoms with van der Waals surface area (Å²) in [6.07, 6.45) is 4.78. The molecule has 2 rings (SSSR count). The van der Waals surface area contributed by atoms with E-state index in [4.69, 9.17) is 11.6 Å². The Balaban J connectivity index is 2.51. The van der Waals surface area contributed by atoms with Gasteiger partial charge in [-0.2, -0.15) is 0 Å². The molecule has 0 aliphatic carbocycles. The first-order valence-electron chi connectivity index (χ1n) is 5.19. The minimum atomic E-state index is -1.21. The lowest BCUT2D eigenvalue weighted by atomic mass is 9.87. The molecule has 0 saturated carbocycles. The van der Waals surface area contributed by atoms with Crippen LogP contribution in [0.15, 0.2) is 61.4 Å². The second-order valence-corrected chi connectivity index (χ2v) is 4.15. The summed E-state index contributed by atoms with van der Waals surface area (Å²) in [5.74, 6) is 0. The summed E-state index contributed by atoms with van der Waals surface area (Å²) in [5.41, 5.74) is 0.237. The Bertz CT molecular complexity index is 510. The van der Waals surface area contributed by atoms with E-state index >= 15 is 0 Å². The lowest BCUT2D eigenvalue weighted by molar-refractivity contribution is 0.135. The molecule has 2 aromatic rings. The highest BCUT2D eigenvalue weighted by Gasteiger charge is 2.27. The monoisotopic (exact) mass is 245 g/mol. The number of aromatic nitrogens is 1. The van der Waals surface area contributed by atoms with Crippen molar-refractivity contribution in [3.05, 3.63) is 77.6 Å². The minimum absolute atomic E-state index is 0.634. The third kappa shape index (κ3) is 2.23. The van der Waals surface area contributed by atoms with Crippen molar-refractivity contribution >= 4 is 11.6 Å². The fourth-order valence-corrected chi connectivity index (χ4v) is 1.84. The molecule has 0 spiro atoms. The van der Waals surface area contributed by atoms with Gasteiger partial charge in [-0.15, -0.1) is 0 Å². The summed E-state index contributed by atoms with van der Waals surface area (Å²) >= 11 is 5.83. The maximum absolute atomic E-state index is 10.7. The van der Waals surface area contributed by atoms with Crippen LogP contribution in [0.3, 0.4) is 0 Å². The molecular formula is C14H12ClNO. The van der Waals surface area contributed by atoms with Crippen LogP contribution in [-0.4, -0.2) is 10.1 Å². The van der Waals surface area contributed by atoms with Gasteiger partial charge in [0.05, 0.1) is 0 Å². The van der Waals surface area contributed by atoms with Crippen LogP contribution in [0.2, 0.25) is 5.02 Å². The van der Waals surface area contributed by atoms with Gasteiger partial charge < -0.3 is 5.11 Å². The molecule has 0 aliphatic heterocycles. The third-order valence-electron chi connectivity index (χ3n) is 2.70. The Morgan fingerprint density at radius 3 is 2.12 bits per heavy atom. The first kappa shape index (κ1) is 11.8. The lowest BCUT2D eigenvalue weighted by Crippen LogP contribution is -2.24. The van der Waals surface area contributed by atoms with Crippen LogP contribution >= 0.6 is 11.6 Å². The Morgan fingerprint density at radius 1 is 1.06 bits per heavy atom. The van der Waals surface area contributed by atoms with E-state index in [1.165, 1.54) is 6.08 Å². The van der Waals surface area contributed by atoms with Gasteiger partial charge in [-0.1, -0.05) is 36.4 Å². The van der Waals surface area contributed by atoms with Crippen molar-refractivity contribution in [3.63, 3.8) is 0 Å².